The minimum absolute atomic E-state index is 0.236. The number of amides is 1. The van der Waals surface area contributed by atoms with E-state index in [-0.39, 0.29) is 11.4 Å². The molecule has 0 bridgehead atoms. The number of hydrogen-bond acceptors (Lipinski definition) is 6. The van der Waals surface area contributed by atoms with Crippen molar-refractivity contribution >= 4 is 27.3 Å². The highest BCUT2D eigenvalue weighted by atomic mass is 32.2. The van der Waals surface area contributed by atoms with Crippen LogP contribution in [0.3, 0.4) is 0 Å². The number of halogens is 4. The largest absolute Gasteiger partial charge is 0.362 e. The summed E-state index contributed by atoms with van der Waals surface area (Å²) in [6.07, 6.45) is -1.36. The zero-order valence-electron chi connectivity index (χ0n) is 17.1. The predicted octanol–water partition coefficient (Wildman–Crippen LogP) is 2.93. The molecule has 0 unspecified atom stereocenters. The first-order chi connectivity index (χ1) is 14.7. The second-order valence-corrected chi connectivity index (χ2v) is 10.5. The Balaban J connectivity index is 1.96. The fraction of sp³-hybridized carbons (Fsp3) is 0.368. The van der Waals surface area contributed by atoms with Crippen LogP contribution in [0, 0.1) is 17.0 Å². The third-order valence-corrected chi connectivity index (χ3v) is 7.98. The SMILES string of the molecule is CC1(C)C(=N)N[C@](C)(c2cc(NC(=O)c3cnc(C(F)F)cn3)cc(F)c2F)CS1(=O)=O. The summed E-state index contributed by atoms with van der Waals surface area (Å²) in [5.41, 5.74) is -3.35. The second-order valence-electron chi connectivity index (χ2n) is 8.00. The lowest BCUT2D eigenvalue weighted by molar-refractivity contribution is 0.102. The second kappa shape index (κ2) is 7.80. The van der Waals surface area contributed by atoms with Gasteiger partial charge in [0, 0.05) is 17.3 Å². The minimum atomic E-state index is -3.93. The molecule has 2 aromatic rings. The molecule has 1 aromatic heterocycles. The van der Waals surface area contributed by atoms with Crippen molar-refractivity contribution in [3.63, 3.8) is 0 Å². The van der Waals surface area contributed by atoms with Crippen molar-refractivity contribution in [1.29, 1.82) is 5.41 Å². The standard InChI is InChI=1S/C19H19F4N5O3S/c1-18(2)17(24)28-19(3,8-32(18,30)31)10-4-9(5-11(20)14(10)21)27-16(29)13-7-25-12(6-26-13)15(22)23/h4-7,15H,8H2,1-3H3,(H2,24,28)(H,27,29)/t19-/m0/s1. The zero-order valence-corrected chi connectivity index (χ0v) is 17.9. The fourth-order valence-electron chi connectivity index (χ4n) is 3.15. The van der Waals surface area contributed by atoms with Crippen molar-refractivity contribution in [2.24, 2.45) is 0 Å². The lowest BCUT2D eigenvalue weighted by Crippen LogP contribution is -2.64. The fourth-order valence-corrected chi connectivity index (χ4v) is 4.86. The highest BCUT2D eigenvalue weighted by molar-refractivity contribution is 7.93. The van der Waals surface area contributed by atoms with Crippen LogP contribution in [0.5, 0.6) is 0 Å². The van der Waals surface area contributed by atoms with Gasteiger partial charge in [-0.3, -0.25) is 15.2 Å². The van der Waals surface area contributed by atoms with Gasteiger partial charge < -0.3 is 10.6 Å². The molecule has 1 saturated heterocycles. The Labute approximate surface area is 180 Å². The summed E-state index contributed by atoms with van der Waals surface area (Å²) in [7, 11) is -3.93. The van der Waals surface area contributed by atoms with Crippen LogP contribution in [-0.2, 0) is 15.4 Å². The van der Waals surface area contributed by atoms with E-state index in [0.717, 1.165) is 12.3 Å². The molecule has 1 amide bonds. The normalized spacial score (nSPS) is 21.8. The van der Waals surface area contributed by atoms with Crippen LogP contribution in [0.1, 0.15) is 48.9 Å². The highest BCUT2D eigenvalue weighted by Crippen LogP contribution is 2.36. The van der Waals surface area contributed by atoms with Gasteiger partial charge in [0.1, 0.15) is 22.0 Å². The smallest absolute Gasteiger partial charge is 0.281 e. The molecule has 1 aliphatic heterocycles. The van der Waals surface area contributed by atoms with E-state index in [2.05, 4.69) is 20.6 Å². The number of amidine groups is 1. The molecule has 3 rings (SSSR count). The minimum Gasteiger partial charge on any atom is -0.362 e. The number of benzene rings is 1. The first kappa shape index (κ1) is 23.6. The Hall–Kier alpha value is -3.09. The average molecular weight is 473 g/mol. The first-order valence-corrected chi connectivity index (χ1v) is 10.8. The van der Waals surface area contributed by atoms with Crippen LogP contribution in [0.2, 0.25) is 0 Å². The zero-order chi connectivity index (χ0) is 24.1. The van der Waals surface area contributed by atoms with E-state index in [1.54, 1.807) is 0 Å². The van der Waals surface area contributed by atoms with Gasteiger partial charge in [0.25, 0.3) is 12.3 Å². The van der Waals surface area contributed by atoms with Crippen molar-refractivity contribution in [2.75, 3.05) is 11.1 Å². The van der Waals surface area contributed by atoms with Gasteiger partial charge in [0.15, 0.2) is 21.5 Å². The van der Waals surface area contributed by atoms with Gasteiger partial charge in [-0.2, -0.15) is 0 Å². The van der Waals surface area contributed by atoms with Crippen molar-refractivity contribution in [1.82, 2.24) is 15.3 Å². The number of rotatable bonds is 4. The van der Waals surface area contributed by atoms with E-state index < -0.39 is 66.9 Å². The molecule has 0 aliphatic carbocycles. The number of hydrogen-bond donors (Lipinski definition) is 3. The van der Waals surface area contributed by atoms with E-state index >= 15 is 0 Å². The number of alkyl halides is 2. The Morgan fingerprint density at radius 3 is 2.38 bits per heavy atom. The number of nitrogens with one attached hydrogen (secondary N) is 3. The molecule has 8 nitrogen and oxygen atoms in total. The van der Waals surface area contributed by atoms with Gasteiger partial charge in [-0.15, -0.1) is 0 Å². The number of anilines is 1. The lowest BCUT2D eigenvalue weighted by atomic mass is 9.91. The number of nitrogens with zero attached hydrogens (tertiary/aromatic N) is 2. The maximum atomic E-state index is 14.7. The number of carbonyl (C=O) groups is 1. The summed E-state index contributed by atoms with van der Waals surface area (Å²) in [4.78, 5) is 19.3. The van der Waals surface area contributed by atoms with E-state index in [0.29, 0.717) is 12.3 Å². The Morgan fingerprint density at radius 1 is 1.19 bits per heavy atom. The molecule has 1 aromatic carbocycles. The monoisotopic (exact) mass is 473 g/mol. The van der Waals surface area contributed by atoms with Crippen LogP contribution in [-0.4, -0.2) is 40.6 Å². The van der Waals surface area contributed by atoms with Gasteiger partial charge in [0.2, 0.25) is 0 Å². The number of sulfone groups is 1. The average Bonchev–Trinajstić information content (AvgIpc) is 2.68. The van der Waals surface area contributed by atoms with Gasteiger partial charge in [-0.1, -0.05) is 0 Å². The molecular weight excluding hydrogens is 454 g/mol. The molecule has 172 valence electrons. The van der Waals surface area contributed by atoms with E-state index in [9.17, 15) is 30.8 Å². The topological polar surface area (TPSA) is 125 Å². The van der Waals surface area contributed by atoms with Crippen LogP contribution in [0.4, 0.5) is 23.2 Å². The molecule has 1 aliphatic rings. The maximum Gasteiger partial charge on any atom is 0.281 e. The Kier molecular flexibility index (Phi) is 5.74. The summed E-state index contributed by atoms with van der Waals surface area (Å²) >= 11 is 0. The summed E-state index contributed by atoms with van der Waals surface area (Å²) in [6, 6.07) is 1.71. The number of carbonyl (C=O) groups excluding carboxylic acids is 1. The first-order valence-electron chi connectivity index (χ1n) is 9.18. The molecule has 1 fully saturated rings. The van der Waals surface area contributed by atoms with Gasteiger partial charge >= 0.3 is 0 Å². The molecule has 0 spiro atoms. The molecule has 0 radical (unpaired) electrons. The summed E-state index contributed by atoms with van der Waals surface area (Å²) in [5.74, 6) is -4.67. The van der Waals surface area contributed by atoms with E-state index in [1.807, 2.05) is 0 Å². The van der Waals surface area contributed by atoms with Crippen LogP contribution >= 0.6 is 0 Å². The van der Waals surface area contributed by atoms with E-state index in [4.69, 9.17) is 5.41 Å². The van der Waals surface area contributed by atoms with Crippen molar-refractivity contribution in [2.45, 2.75) is 37.5 Å². The summed E-state index contributed by atoms with van der Waals surface area (Å²) in [5, 5.41) is 13.0. The van der Waals surface area contributed by atoms with Gasteiger partial charge in [-0.25, -0.2) is 31.0 Å². The third-order valence-electron chi connectivity index (χ3n) is 5.27. The van der Waals surface area contributed by atoms with Crippen LogP contribution in [0.15, 0.2) is 24.5 Å². The van der Waals surface area contributed by atoms with E-state index in [1.165, 1.54) is 20.8 Å². The van der Waals surface area contributed by atoms with Crippen molar-refractivity contribution < 1.29 is 30.8 Å². The van der Waals surface area contributed by atoms with Gasteiger partial charge in [-0.05, 0) is 26.8 Å². The molecule has 1 atom stereocenters. The maximum absolute atomic E-state index is 14.7. The molecule has 2 heterocycles. The highest BCUT2D eigenvalue weighted by Gasteiger charge is 2.51. The molecule has 32 heavy (non-hydrogen) atoms. The predicted molar refractivity (Wildman–Crippen MR) is 107 cm³/mol. The lowest BCUT2D eigenvalue weighted by Gasteiger charge is -2.43. The Bertz CT molecular complexity index is 1200. The molecule has 0 saturated carbocycles. The Morgan fingerprint density at radius 2 is 1.84 bits per heavy atom. The third kappa shape index (κ3) is 4.04. The van der Waals surface area contributed by atoms with Gasteiger partial charge in [0.05, 0.1) is 23.7 Å². The molecule has 13 heteroatoms. The molecule has 3 N–H and O–H groups in total. The van der Waals surface area contributed by atoms with Crippen LogP contribution in [0.25, 0.3) is 0 Å². The van der Waals surface area contributed by atoms with Crippen LogP contribution < -0.4 is 10.6 Å². The summed E-state index contributed by atoms with van der Waals surface area (Å²) in [6.45, 7) is 3.95. The van der Waals surface area contributed by atoms with Crippen molar-refractivity contribution in [3.05, 3.63) is 53.1 Å². The molecular formula is C19H19F4N5O3S. The summed E-state index contributed by atoms with van der Waals surface area (Å²) < 4.78 is 78.0. The number of aromatic nitrogens is 2. The van der Waals surface area contributed by atoms with Crippen molar-refractivity contribution in [3.8, 4) is 0 Å². The quantitative estimate of drug-likeness (QED) is 0.587.